The summed E-state index contributed by atoms with van der Waals surface area (Å²) in [6.07, 6.45) is 1.57. The molecule has 2 rings (SSSR count). The number of carbonyl (C=O) groups is 1. The number of esters is 1. The number of nitrogens with one attached hydrogen (secondary N) is 1. The number of rotatable bonds is 4. The molecule has 128 valence electrons. The minimum atomic E-state index is -0.114. The lowest BCUT2D eigenvalue weighted by Gasteiger charge is -2.33. The third-order valence-corrected chi connectivity index (χ3v) is 4.10. The van der Waals surface area contributed by atoms with Gasteiger partial charge in [0.15, 0.2) is 5.96 Å². The van der Waals surface area contributed by atoms with E-state index in [0.717, 1.165) is 49.9 Å². The van der Waals surface area contributed by atoms with Gasteiger partial charge in [-0.2, -0.15) is 0 Å². The van der Waals surface area contributed by atoms with Gasteiger partial charge < -0.3 is 19.4 Å². The van der Waals surface area contributed by atoms with Crippen LogP contribution in [0, 0.1) is 19.8 Å². The Labute approximate surface area is 137 Å². The van der Waals surface area contributed by atoms with Crippen molar-refractivity contribution in [2.45, 2.75) is 40.2 Å². The number of nitrogens with zero attached hydrogens (tertiary/aromatic N) is 3. The van der Waals surface area contributed by atoms with Crippen LogP contribution in [0.1, 0.15) is 37.1 Å². The summed E-state index contributed by atoms with van der Waals surface area (Å²) in [7, 11) is 1.45. The van der Waals surface area contributed by atoms with Crippen molar-refractivity contribution in [2.24, 2.45) is 10.9 Å². The van der Waals surface area contributed by atoms with Crippen molar-refractivity contribution in [1.82, 2.24) is 15.2 Å². The molecule has 0 amide bonds. The Morgan fingerprint density at radius 2 is 2.13 bits per heavy atom. The standard InChI is InChI=1S/C16H26N4O3/c1-5-17-16(18-10-14-19-11(2)12(3)23-14)20-8-6-13(7-9-20)15(21)22-4/h13H,5-10H2,1-4H3,(H,17,18). The fourth-order valence-corrected chi connectivity index (χ4v) is 2.67. The average molecular weight is 322 g/mol. The van der Waals surface area contributed by atoms with Crippen LogP contribution in [0.3, 0.4) is 0 Å². The third kappa shape index (κ3) is 4.46. The van der Waals surface area contributed by atoms with Crippen molar-refractivity contribution in [2.75, 3.05) is 26.7 Å². The molecule has 0 aromatic carbocycles. The molecule has 1 aromatic heterocycles. The first-order valence-corrected chi connectivity index (χ1v) is 8.09. The smallest absolute Gasteiger partial charge is 0.308 e. The van der Waals surface area contributed by atoms with Crippen molar-refractivity contribution >= 4 is 11.9 Å². The number of hydrogen-bond donors (Lipinski definition) is 1. The van der Waals surface area contributed by atoms with Gasteiger partial charge in [-0.15, -0.1) is 0 Å². The fourth-order valence-electron chi connectivity index (χ4n) is 2.67. The normalized spacial score (nSPS) is 16.5. The van der Waals surface area contributed by atoms with Crippen LogP contribution in [-0.4, -0.2) is 48.6 Å². The quantitative estimate of drug-likeness (QED) is 0.516. The van der Waals surface area contributed by atoms with E-state index in [4.69, 9.17) is 9.15 Å². The summed E-state index contributed by atoms with van der Waals surface area (Å²) >= 11 is 0. The van der Waals surface area contributed by atoms with Crippen LogP contribution in [0.15, 0.2) is 9.41 Å². The lowest BCUT2D eigenvalue weighted by atomic mass is 9.97. The molecule has 1 aromatic rings. The molecular formula is C16H26N4O3. The average Bonchev–Trinajstić information content (AvgIpc) is 2.89. The van der Waals surface area contributed by atoms with Crippen molar-refractivity contribution in [3.63, 3.8) is 0 Å². The van der Waals surface area contributed by atoms with E-state index in [9.17, 15) is 4.79 Å². The fraction of sp³-hybridized carbons (Fsp3) is 0.688. The van der Waals surface area contributed by atoms with Crippen LogP contribution in [-0.2, 0) is 16.1 Å². The second-order valence-corrected chi connectivity index (χ2v) is 5.70. The van der Waals surface area contributed by atoms with Crippen molar-refractivity contribution < 1.29 is 13.9 Å². The summed E-state index contributed by atoms with van der Waals surface area (Å²) in [6.45, 7) is 8.64. The zero-order valence-electron chi connectivity index (χ0n) is 14.4. The van der Waals surface area contributed by atoms with Gasteiger partial charge in [-0.05, 0) is 33.6 Å². The van der Waals surface area contributed by atoms with E-state index in [1.807, 2.05) is 20.8 Å². The summed E-state index contributed by atoms with van der Waals surface area (Å²) < 4.78 is 10.4. The second-order valence-electron chi connectivity index (χ2n) is 5.70. The predicted molar refractivity (Wildman–Crippen MR) is 87.1 cm³/mol. The third-order valence-electron chi connectivity index (χ3n) is 4.10. The van der Waals surface area contributed by atoms with Crippen molar-refractivity contribution in [3.05, 3.63) is 17.3 Å². The Morgan fingerprint density at radius 3 is 2.65 bits per heavy atom. The topological polar surface area (TPSA) is 80.0 Å². The van der Waals surface area contributed by atoms with Gasteiger partial charge in [0.05, 0.1) is 18.7 Å². The SMILES string of the molecule is CCNC(=NCc1nc(C)c(C)o1)N1CCC(C(=O)OC)CC1. The molecule has 0 atom stereocenters. The zero-order valence-corrected chi connectivity index (χ0v) is 14.4. The maximum Gasteiger partial charge on any atom is 0.308 e. The van der Waals surface area contributed by atoms with Crippen LogP contribution in [0.2, 0.25) is 0 Å². The van der Waals surface area contributed by atoms with E-state index < -0.39 is 0 Å². The Kier molecular flexibility index (Phi) is 6.01. The summed E-state index contributed by atoms with van der Waals surface area (Å²) in [5.41, 5.74) is 0.902. The molecule has 7 nitrogen and oxygen atoms in total. The molecule has 0 saturated carbocycles. The maximum atomic E-state index is 11.6. The number of guanidine groups is 1. The highest BCUT2D eigenvalue weighted by atomic mass is 16.5. The molecule has 0 bridgehead atoms. The van der Waals surface area contributed by atoms with Gasteiger partial charge >= 0.3 is 5.97 Å². The van der Waals surface area contributed by atoms with Gasteiger partial charge in [-0.3, -0.25) is 4.79 Å². The van der Waals surface area contributed by atoms with Crippen LogP contribution < -0.4 is 5.32 Å². The Bertz CT molecular complexity index is 540. The van der Waals surface area contributed by atoms with E-state index in [1.54, 1.807) is 0 Å². The van der Waals surface area contributed by atoms with Crippen LogP contribution >= 0.6 is 0 Å². The molecule has 2 heterocycles. The maximum absolute atomic E-state index is 11.6. The number of hydrogen-bond acceptors (Lipinski definition) is 5. The van der Waals surface area contributed by atoms with E-state index in [2.05, 4.69) is 20.2 Å². The molecule has 1 N–H and O–H groups in total. The number of aromatic nitrogens is 1. The number of likely N-dealkylation sites (tertiary alicyclic amines) is 1. The van der Waals surface area contributed by atoms with Gasteiger partial charge in [0, 0.05) is 19.6 Å². The lowest BCUT2D eigenvalue weighted by Crippen LogP contribution is -2.46. The van der Waals surface area contributed by atoms with Gasteiger partial charge in [-0.1, -0.05) is 0 Å². The van der Waals surface area contributed by atoms with E-state index in [-0.39, 0.29) is 11.9 Å². The highest BCUT2D eigenvalue weighted by Gasteiger charge is 2.27. The highest BCUT2D eigenvalue weighted by Crippen LogP contribution is 2.18. The number of aryl methyl sites for hydroxylation is 2. The largest absolute Gasteiger partial charge is 0.469 e. The Morgan fingerprint density at radius 1 is 1.43 bits per heavy atom. The number of methoxy groups -OCH3 is 1. The summed E-state index contributed by atoms with van der Waals surface area (Å²) in [5, 5.41) is 3.29. The van der Waals surface area contributed by atoms with Gasteiger partial charge in [0.1, 0.15) is 12.3 Å². The lowest BCUT2D eigenvalue weighted by molar-refractivity contribution is -0.146. The summed E-state index contributed by atoms with van der Waals surface area (Å²) in [4.78, 5) is 22.7. The minimum absolute atomic E-state index is 0.00355. The van der Waals surface area contributed by atoms with Gasteiger partial charge in [-0.25, -0.2) is 9.98 Å². The molecule has 1 aliphatic rings. The first kappa shape index (κ1) is 17.3. The van der Waals surface area contributed by atoms with Crippen molar-refractivity contribution in [3.8, 4) is 0 Å². The molecule has 7 heteroatoms. The van der Waals surface area contributed by atoms with Crippen LogP contribution in [0.5, 0.6) is 0 Å². The first-order valence-electron chi connectivity index (χ1n) is 8.09. The van der Waals surface area contributed by atoms with E-state index in [0.29, 0.717) is 12.4 Å². The molecule has 0 spiro atoms. The second kappa shape index (κ2) is 7.99. The molecule has 23 heavy (non-hydrogen) atoms. The number of ether oxygens (including phenoxy) is 1. The monoisotopic (exact) mass is 322 g/mol. The number of carbonyl (C=O) groups excluding carboxylic acids is 1. The number of aliphatic imine (C=N–C) groups is 1. The zero-order chi connectivity index (χ0) is 16.8. The molecule has 0 radical (unpaired) electrons. The summed E-state index contributed by atoms with van der Waals surface area (Å²) in [5.74, 6) is 2.18. The predicted octanol–water partition coefficient (Wildman–Crippen LogP) is 1.64. The van der Waals surface area contributed by atoms with Gasteiger partial charge in [0.25, 0.3) is 0 Å². The molecule has 1 aliphatic heterocycles. The Hall–Kier alpha value is -2.05. The van der Waals surface area contributed by atoms with Gasteiger partial charge in [0.2, 0.25) is 5.89 Å². The van der Waals surface area contributed by atoms with E-state index >= 15 is 0 Å². The van der Waals surface area contributed by atoms with Crippen LogP contribution in [0.4, 0.5) is 0 Å². The number of oxazole rings is 1. The molecule has 0 aliphatic carbocycles. The molecule has 0 unspecified atom stereocenters. The van der Waals surface area contributed by atoms with E-state index in [1.165, 1.54) is 7.11 Å². The molecule has 1 fully saturated rings. The number of piperidine rings is 1. The summed E-state index contributed by atoms with van der Waals surface area (Å²) in [6, 6.07) is 0. The molecular weight excluding hydrogens is 296 g/mol. The minimum Gasteiger partial charge on any atom is -0.469 e. The highest BCUT2D eigenvalue weighted by molar-refractivity contribution is 5.80. The first-order chi connectivity index (χ1) is 11.0. The van der Waals surface area contributed by atoms with Crippen molar-refractivity contribution in [1.29, 1.82) is 0 Å². The van der Waals surface area contributed by atoms with Crippen LogP contribution in [0.25, 0.3) is 0 Å². The molecule has 1 saturated heterocycles. The Balaban J connectivity index is 1.98.